The molecular formula is C9H7BrN2OS. The smallest absolute Gasteiger partial charge is 0.159 e. The number of halogens is 1. The van der Waals surface area contributed by atoms with Gasteiger partial charge in [-0.15, -0.1) is 11.3 Å². The molecule has 5 heteroatoms. The molecule has 0 fully saturated rings. The molecule has 0 atom stereocenters. The molecule has 0 radical (unpaired) electrons. The lowest BCUT2D eigenvalue weighted by Gasteiger charge is -2.03. The number of ether oxygens (including phenoxy) is 1. The molecule has 14 heavy (non-hydrogen) atoms. The molecule has 0 aromatic carbocycles. The first-order chi connectivity index (χ1) is 6.81. The molecule has 2 aromatic heterocycles. The molecule has 2 aromatic rings. The molecular weight excluding hydrogens is 264 g/mol. The highest BCUT2D eigenvalue weighted by Crippen LogP contribution is 2.30. The Bertz CT molecular complexity index is 444. The van der Waals surface area contributed by atoms with E-state index in [2.05, 4.69) is 25.9 Å². The van der Waals surface area contributed by atoms with Crippen LogP contribution in [0.15, 0.2) is 27.8 Å². The molecule has 0 aliphatic rings. The van der Waals surface area contributed by atoms with Gasteiger partial charge in [0.05, 0.1) is 18.4 Å². The van der Waals surface area contributed by atoms with Crippen LogP contribution in [0.1, 0.15) is 0 Å². The van der Waals surface area contributed by atoms with Crippen LogP contribution in [-0.2, 0) is 0 Å². The Morgan fingerprint density at radius 1 is 1.50 bits per heavy atom. The number of rotatable bonds is 2. The minimum atomic E-state index is 0.790. The van der Waals surface area contributed by atoms with Gasteiger partial charge < -0.3 is 4.74 Å². The third-order valence-electron chi connectivity index (χ3n) is 1.75. The van der Waals surface area contributed by atoms with Crippen LogP contribution in [0.4, 0.5) is 0 Å². The zero-order valence-corrected chi connectivity index (χ0v) is 9.80. The quantitative estimate of drug-likeness (QED) is 0.842. The van der Waals surface area contributed by atoms with Crippen molar-refractivity contribution in [1.82, 2.24) is 9.97 Å². The van der Waals surface area contributed by atoms with Crippen LogP contribution in [0.25, 0.3) is 11.3 Å². The molecule has 0 N–H and O–H groups in total. The summed E-state index contributed by atoms with van der Waals surface area (Å²) in [5.74, 6) is 0.790. The summed E-state index contributed by atoms with van der Waals surface area (Å²) in [5.41, 5.74) is 1.80. The second-order valence-electron chi connectivity index (χ2n) is 2.56. The van der Waals surface area contributed by atoms with E-state index in [1.54, 1.807) is 30.8 Å². The summed E-state index contributed by atoms with van der Waals surface area (Å²) in [5, 5.41) is 1.96. The molecule has 0 aliphatic heterocycles. The van der Waals surface area contributed by atoms with E-state index < -0.39 is 0 Å². The normalized spacial score (nSPS) is 10.1. The SMILES string of the molecule is COc1ccncc1-c1csc(Br)n1. The first-order valence-corrected chi connectivity index (χ1v) is 5.58. The standard InChI is InChI=1S/C9H7BrN2OS/c1-13-8-2-3-11-4-6(8)7-5-14-9(10)12-7/h2-5H,1H3. The van der Waals surface area contributed by atoms with Gasteiger partial charge in [0.15, 0.2) is 3.92 Å². The maximum Gasteiger partial charge on any atom is 0.159 e. The number of nitrogens with zero attached hydrogens (tertiary/aromatic N) is 2. The van der Waals surface area contributed by atoms with Crippen molar-refractivity contribution in [1.29, 1.82) is 0 Å². The molecule has 2 heterocycles. The average Bonchev–Trinajstić information content (AvgIpc) is 2.65. The van der Waals surface area contributed by atoms with Gasteiger partial charge in [0.1, 0.15) is 5.75 Å². The summed E-state index contributed by atoms with van der Waals surface area (Å²) >= 11 is 4.86. The largest absolute Gasteiger partial charge is 0.496 e. The van der Waals surface area contributed by atoms with Gasteiger partial charge in [0.2, 0.25) is 0 Å². The molecule has 0 aliphatic carbocycles. The lowest BCUT2D eigenvalue weighted by atomic mass is 10.2. The Labute approximate surface area is 93.9 Å². The maximum atomic E-state index is 5.22. The number of thiazole rings is 1. The zero-order valence-electron chi connectivity index (χ0n) is 7.40. The van der Waals surface area contributed by atoms with Gasteiger partial charge in [-0.1, -0.05) is 0 Å². The van der Waals surface area contributed by atoms with Crippen molar-refractivity contribution in [2.45, 2.75) is 0 Å². The number of pyridine rings is 1. The Balaban J connectivity index is 2.50. The van der Waals surface area contributed by atoms with Crippen LogP contribution >= 0.6 is 27.3 Å². The third kappa shape index (κ3) is 1.78. The van der Waals surface area contributed by atoms with Crippen molar-refractivity contribution in [2.75, 3.05) is 7.11 Å². The summed E-state index contributed by atoms with van der Waals surface area (Å²) in [7, 11) is 1.64. The second-order valence-corrected chi connectivity index (χ2v) is 4.70. The van der Waals surface area contributed by atoms with Gasteiger partial charge in [-0.05, 0) is 22.0 Å². The highest BCUT2D eigenvalue weighted by atomic mass is 79.9. The van der Waals surface area contributed by atoms with Crippen LogP contribution in [0.2, 0.25) is 0 Å². The van der Waals surface area contributed by atoms with Gasteiger partial charge in [-0.2, -0.15) is 0 Å². The van der Waals surface area contributed by atoms with Crippen LogP contribution in [0.5, 0.6) is 5.75 Å². The summed E-state index contributed by atoms with van der Waals surface area (Å²) in [6, 6.07) is 1.82. The van der Waals surface area contributed by atoms with E-state index in [0.29, 0.717) is 0 Å². The molecule has 0 saturated carbocycles. The van der Waals surface area contributed by atoms with E-state index in [4.69, 9.17) is 4.74 Å². The van der Waals surface area contributed by atoms with Crippen LogP contribution in [-0.4, -0.2) is 17.1 Å². The fourth-order valence-electron chi connectivity index (χ4n) is 1.13. The van der Waals surface area contributed by atoms with Crippen molar-refractivity contribution in [3.05, 3.63) is 27.8 Å². The fraction of sp³-hybridized carbons (Fsp3) is 0.111. The topological polar surface area (TPSA) is 35.0 Å². The highest BCUT2D eigenvalue weighted by molar-refractivity contribution is 9.11. The van der Waals surface area contributed by atoms with E-state index in [9.17, 15) is 0 Å². The lowest BCUT2D eigenvalue weighted by molar-refractivity contribution is 0.416. The molecule has 0 saturated heterocycles. The van der Waals surface area contributed by atoms with Gasteiger partial charge in [0.25, 0.3) is 0 Å². The summed E-state index contributed by atoms with van der Waals surface area (Å²) in [4.78, 5) is 8.35. The first kappa shape index (κ1) is 9.61. The van der Waals surface area contributed by atoms with Crippen LogP contribution < -0.4 is 4.74 Å². The highest BCUT2D eigenvalue weighted by Gasteiger charge is 2.08. The third-order valence-corrected chi connectivity index (χ3v) is 3.12. The van der Waals surface area contributed by atoms with Gasteiger partial charge in [-0.3, -0.25) is 4.98 Å². The predicted octanol–water partition coefficient (Wildman–Crippen LogP) is 2.98. The van der Waals surface area contributed by atoms with Gasteiger partial charge >= 0.3 is 0 Å². The maximum absolute atomic E-state index is 5.22. The molecule has 72 valence electrons. The monoisotopic (exact) mass is 270 g/mol. The minimum Gasteiger partial charge on any atom is -0.496 e. The molecule has 2 rings (SSSR count). The summed E-state index contributed by atoms with van der Waals surface area (Å²) in [6.45, 7) is 0. The fourth-order valence-corrected chi connectivity index (χ4v) is 2.14. The summed E-state index contributed by atoms with van der Waals surface area (Å²) < 4.78 is 6.08. The van der Waals surface area contributed by atoms with Crippen LogP contribution in [0, 0.1) is 0 Å². The lowest BCUT2D eigenvalue weighted by Crippen LogP contribution is -1.88. The Hall–Kier alpha value is -0.940. The zero-order chi connectivity index (χ0) is 9.97. The number of aromatic nitrogens is 2. The molecule has 0 unspecified atom stereocenters. The Morgan fingerprint density at radius 2 is 2.36 bits per heavy atom. The van der Waals surface area contributed by atoms with E-state index in [1.807, 2.05) is 11.4 Å². The van der Waals surface area contributed by atoms with Crippen molar-refractivity contribution in [3.63, 3.8) is 0 Å². The van der Waals surface area contributed by atoms with Gasteiger partial charge in [0, 0.05) is 17.8 Å². The van der Waals surface area contributed by atoms with Crippen molar-refractivity contribution >= 4 is 27.3 Å². The number of hydrogen-bond acceptors (Lipinski definition) is 4. The minimum absolute atomic E-state index is 0.790. The molecule has 0 spiro atoms. The summed E-state index contributed by atoms with van der Waals surface area (Å²) in [6.07, 6.45) is 3.45. The van der Waals surface area contributed by atoms with E-state index >= 15 is 0 Å². The van der Waals surface area contributed by atoms with Crippen molar-refractivity contribution < 1.29 is 4.74 Å². The van der Waals surface area contributed by atoms with Crippen LogP contribution in [0.3, 0.4) is 0 Å². The van der Waals surface area contributed by atoms with E-state index in [0.717, 1.165) is 20.9 Å². The predicted molar refractivity (Wildman–Crippen MR) is 59.6 cm³/mol. The van der Waals surface area contributed by atoms with E-state index in [1.165, 1.54) is 0 Å². The molecule has 0 bridgehead atoms. The average molecular weight is 271 g/mol. The Kier molecular flexibility index (Phi) is 2.79. The van der Waals surface area contributed by atoms with Crippen molar-refractivity contribution in [3.8, 4) is 17.0 Å². The number of methoxy groups -OCH3 is 1. The van der Waals surface area contributed by atoms with Crippen molar-refractivity contribution in [2.24, 2.45) is 0 Å². The first-order valence-electron chi connectivity index (χ1n) is 3.90. The Morgan fingerprint density at radius 3 is 3.00 bits per heavy atom. The second kappa shape index (κ2) is 4.06. The molecule has 0 amide bonds. The number of hydrogen-bond donors (Lipinski definition) is 0. The van der Waals surface area contributed by atoms with Gasteiger partial charge in [-0.25, -0.2) is 4.98 Å². The molecule has 3 nitrogen and oxygen atoms in total. The van der Waals surface area contributed by atoms with E-state index in [-0.39, 0.29) is 0 Å².